The number of anilines is 1. The Hall–Kier alpha value is -2.47. The Balaban J connectivity index is 1.71. The zero-order valence-corrected chi connectivity index (χ0v) is 14.2. The van der Waals surface area contributed by atoms with Crippen molar-refractivity contribution in [3.05, 3.63) is 52.8 Å². The van der Waals surface area contributed by atoms with Gasteiger partial charge in [-0.25, -0.2) is 9.97 Å². The molecule has 0 saturated heterocycles. The van der Waals surface area contributed by atoms with E-state index in [1.165, 1.54) is 5.56 Å². The van der Waals surface area contributed by atoms with Crippen LogP contribution in [0.3, 0.4) is 0 Å². The van der Waals surface area contributed by atoms with Crippen molar-refractivity contribution >= 4 is 11.9 Å². The molecule has 1 unspecified atom stereocenters. The van der Waals surface area contributed by atoms with E-state index in [1.54, 1.807) is 0 Å². The zero-order chi connectivity index (χ0) is 17.1. The summed E-state index contributed by atoms with van der Waals surface area (Å²) in [5, 5.41) is 2.93. The Kier molecular flexibility index (Phi) is 4.76. The van der Waals surface area contributed by atoms with Crippen LogP contribution in [0.15, 0.2) is 30.3 Å². The van der Waals surface area contributed by atoms with Crippen LogP contribution < -0.4 is 10.2 Å². The Labute approximate surface area is 141 Å². The van der Waals surface area contributed by atoms with Gasteiger partial charge < -0.3 is 15.0 Å². The Morgan fingerprint density at radius 1 is 1.33 bits per heavy atom. The standard InChI is InChI=1S/C18H22N4O2/c1-12-10-14(21-18(20-12)22(2)3)11-19-17(23)16-15-7-5-4-6-13(15)8-9-24-16/h4-7,10,16H,8-9,11H2,1-3H3,(H,19,23). The Bertz CT molecular complexity index is 746. The second-order valence-electron chi connectivity index (χ2n) is 6.11. The van der Waals surface area contributed by atoms with Gasteiger partial charge in [-0.2, -0.15) is 0 Å². The van der Waals surface area contributed by atoms with Crippen LogP contribution in [-0.4, -0.2) is 36.6 Å². The van der Waals surface area contributed by atoms with Crippen LogP contribution in [0.4, 0.5) is 5.95 Å². The molecule has 3 rings (SSSR count). The highest BCUT2D eigenvalue weighted by Crippen LogP contribution is 2.27. The van der Waals surface area contributed by atoms with Crippen LogP contribution in [0.2, 0.25) is 0 Å². The fourth-order valence-corrected chi connectivity index (χ4v) is 2.79. The van der Waals surface area contributed by atoms with E-state index < -0.39 is 6.10 Å². The SMILES string of the molecule is Cc1cc(CNC(=O)C2OCCc3ccccc32)nc(N(C)C)n1. The monoisotopic (exact) mass is 326 g/mol. The van der Waals surface area contributed by atoms with Crippen LogP contribution >= 0.6 is 0 Å². The average molecular weight is 326 g/mol. The molecule has 2 heterocycles. The van der Waals surface area contributed by atoms with Gasteiger partial charge in [0.1, 0.15) is 0 Å². The summed E-state index contributed by atoms with van der Waals surface area (Å²) in [5.41, 5.74) is 3.78. The van der Waals surface area contributed by atoms with E-state index in [9.17, 15) is 4.79 Å². The molecule has 1 atom stereocenters. The fourth-order valence-electron chi connectivity index (χ4n) is 2.79. The summed E-state index contributed by atoms with van der Waals surface area (Å²) in [6.45, 7) is 2.83. The first-order chi connectivity index (χ1) is 11.5. The van der Waals surface area contributed by atoms with E-state index in [1.807, 2.05) is 50.2 Å². The molecule has 1 aliphatic rings. The molecular weight excluding hydrogens is 304 g/mol. The fraction of sp³-hybridized carbons (Fsp3) is 0.389. The number of aromatic nitrogens is 2. The summed E-state index contributed by atoms with van der Waals surface area (Å²) in [6.07, 6.45) is 0.295. The molecule has 1 aromatic carbocycles. The van der Waals surface area contributed by atoms with Crippen molar-refractivity contribution in [2.75, 3.05) is 25.6 Å². The van der Waals surface area contributed by atoms with Gasteiger partial charge in [-0.15, -0.1) is 0 Å². The van der Waals surface area contributed by atoms with E-state index in [2.05, 4.69) is 21.4 Å². The van der Waals surface area contributed by atoms with Gasteiger partial charge in [0.15, 0.2) is 6.10 Å². The third kappa shape index (κ3) is 3.54. The van der Waals surface area contributed by atoms with Crippen molar-refractivity contribution in [2.24, 2.45) is 0 Å². The minimum Gasteiger partial charge on any atom is -0.363 e. The van der Waals surface area contributed by atoms with Crippen molar-refractivity contribution in [2.45, 2.75) is 26.0 Å². The number of fused-ring (bicyclic) bond motifs is 1. The molecule has 0 radical (unpaired) electrons. The van der Waals surface area contributed by atoms with Crippen LogP contribution in [0.25, 0.3) is 0 Å². The number of amides is 1. The average Bonchev–Trinajstić information content (AvgIpc) is 2.58. The number of rotatable bonds is 4. The number of hydrogen-bond acceptors (Lipinski definition) is 5. The van der Waals surface area contributed by atoms with E-state index in [4.69, 9.17) is 4.74 Å². The van der Waals surface area contributed by atoms with Crippen molar-refractivity contribution in [3.63, 3.8) is 0 Å². The normalized spacial score (nSPS) is 16.4. The molecule has 1 aromatic heterocycles. The smallest absolute Gasteiger partial charge is 0.254 e. The van der Waals surface area contributed by atoms with E-state index in [0.717, 1.165) is 23.4 Å². The van der Waals surface area contributed by atoms with Crippen molar-refractivity contribution < 1.29 is 9.53 Å². The zero-order valence-electron chi connectivity index (χ0n) is 14.2. The van der Waals surface area contributed by atoms with Crippen LogP contribution in [0.5, 0.6) is 0 Å². The summed E-state index contributed by atoms with van der Waals surface area (Å²) < 4.78 is 5.69. The number of ether oxygens (including phenoxy) is 1. The molecule has 1 N–H and O–H groups in total. The van der Waals surface area contributed by atoms with E-state index in [0.29, 0.717) is 19.1 Å². The summed E-state index contributed by atoms with van der Waals surface area (Å²) >= 11 is 0. The first-order valence-electron chi connectivity index (χ1n) is 8.03. The van der Waals surface area contributed by atoms with Crippen LogP contribution in [0, 0.1) is 6.92 Å². The molecule has 0 saturated carbocycles. The maximum atomic E-state index is 12.5. The van der Waals surface area contributed by atoms with Crippen molar-refractivity contribution in [1.82, 2.24) is 15.3 Å². The minimum atomic E-state index is -0.550. The molecule has 0 bridgehead atoms. The van der Waals surface area contributed by atoms with Gasteiger partial charge in [0.05, 0.1) is 18.8 Å². The van der Waals surface area contributed by atoms with Gasteiger partial charge in [0.25, 0.3) is 5.91 Å². The van der Waals surface area contributed by atoms with Gasteiger partial charge in [0, 0.05) is 19.8 Å². The van der Waals surface area contributed by atoms with E-state index >= 15 is 0 Å². The lowest BCUT2D eigenvalue weighted by Crippen LogP contribution is -2.33. The predicted octanol–water partition coefficient (Wildman–Crippen LogP) is 1.78. The number of carbonyl (C=O) groups excluding carboxylic acids is 1. The first kappa shape index (κ1) is 16.4. The van der Waals surface area contributed by atoms with Crippen molar-refractivity contribution in [1.29, 1.82) is 0 Å². The van der Waals surface area contributed by atoms with Gasteiger partial charge in [-0.3, -0.25) is 4.79 Å². The highest BCUT2D eigenvalue weighted by molar-refractivity contribution is 5.82. The van der Waals surface area contributed by atoms with Gasteiger partial charge >= 0.3 is 0 Å². The maximum absolute atomic E-state index is 12.5. The molecule has 1 aliphatic heterocycles. The molecule has 1 amide bonds. The van der Waals surface area contributed by atoms with Crippen molar-refractivity contribution in [3.8, 4) is 0 Å². The second kappa shape index (κ2) is 6.97. The number of benzene rings is 1. The van der Waals surface area contributed by atoms with Gasteiger partial charge in [0.2, 0.25) is 5.95 Å². The molecule has 0 spiro atoms. The van der Waals surface area contributed by atoms with Gasteiger partial charge in [-0.05, 0) is 30.5 Å². The lowest BCUT2D eigenvalue weighted by molar-refractivity contribution is -0.134. The molecule has 126 valence electrons. The lowest BCUT2D eigenvalue weighted by Gasteiger charge is -2.25. The largest absolute Gasteiger partial charge is 0.363 e. The predicted molar refractivity (Wildman–Crippen MR) is 91.8 cm³/mol. The number of aryl methyl sites for hydroxylation is 1. The number of hydrogen-bond donors (Lipinski definition) is 1. The molecule has 6 nitrogen and oxygen atoms in total. The first-order valence-corrected chi connectivity index (χ1v) is 8.03. The molecular formula is C18H22N4O2. The highest BCUT2D eigenvalue weighted by Gasteiger charge is 2.26. The summed E-state index contributed by atoms with van der Waals surface area (Å²) in [4.78, 5) is 23.2. The third-order valence-corrected chi connectivity index (χ3v) is 3.97. The summed E-state index contributed by atoms with van der Waals surface area (Å²) in [7, 11) is 3.79. The summed E-state index contributed by atoms with van der Waals surface area (Å²) in [6, 6.07) is 9.81. The molecule has 24 heavy (non-hydrogen) atoms. The molecule has 6 heteroatoms. The number of carbonyl (C=O) groups is 1. The molecule has 0 aliphatic carbocycles. The maximum Gasteiger partial charge on any atom is 0.254 e. The van der Waals surface area contributed by atoms with E-state index in [-0.39, 0.29) is 5.91 Å². The minimum absolute atomic E-state index is 0.134. The molecule has 0 fully saturated rings. The van der Waals surface area contributed by atoms with Crippen LogP contribution in [-0.2, 0) is 22.5 Å². The summed E-state index contributed by atoms with van der Waals surface area (Å²) in [5.74, 6) is 0.503. The Morgan fingerprint density at radius 2 is 2.12 bits per heavy atom. The Morgan fingerprint density at radius 3 is 2.92 bits per heavy atom. The topological polar surface area (TPSA) is 67.3 Å². The third-order valence-electron chi connectivity index (χ3n) is 3.97. The molecule has 2 aromatic rings. The quantitative estimate of drug-likeness (QED) is 0.928. The lowest BCUT2D eigenvalue weighted by atomic mass is 9.97. The second-order valence-corrected chi connectivity index (χ2v) is 6.11. The van der Waals surface area contributed by atoms with Gasteiger partial charge in [-0.1, -0.05) is 24.3 Å². The number of nitrogens with one attached hydrogen (secondary N) is 1. The highest BCUT2D eigenvalue weighted by atomic mass is 16.5. The number of nitrogens with zero attached hydrogens (tertiary/aromatic N) is 3. The van der Waals surface area contributed by atoms with Crippen LogP contribution in [0.1, 0.15) is 28.6 Å².